The second-order valence-electron chi connectivity index (χ2n) is 7.38. The van der Waals surface area contributed by atoms with Crippen LogP contribution in [0.5, 0.6) is 74.7 Å². The number of hydrogen-bond acceptors (Lipinski definition) is 11. The van der Waals surface area contributed by atoms with Crippen LogP contribution in [-0.2, 0) is 0 Å². The first kappa shape index (κ1) is 22.9. The van der Waals surface area contributed by atoms with Crippen molar-refractivity contribution in [2.24, 2.45) is 0 Å². The van der Waals surface area contributed by atoms with Gasteiger partial charge >= 0.3 is 0 Å². The van der Waals surface area contributed by atoms with Crippen LogP contribution in [0.4, 0.5) is 0 Å². The largest absolute Gasteiger partial charge is 0.508 e. The first-order chi connectivity index (χ1) is 16.5. The number of aromatic hydroxyl groups is 9. The number of benzene rings is 4. The van der Waals surface area contributed by atoms with Gasteiger partial charge in [0.25, 0.3) is 0 Å². The fraction of sp³-hybridized carbons (Fsp3) is 0. The molecular weight excluding hydrogens is 464 g/mol. The Bertz CT molecular complexity index is 1380. The van der Waals surface area contributed by atoms with Crippen LogP contribution in [0.2, 0.25) is 0 Å². The minimum absolute atomic E-state index is 0.000520. The minimum Gasteiger partial charge on any atom is -0.508 e. The highest BCUT2D eigenvalue weighted by Gasteiger charge is 2.19. The summed E-state index contributed by atoms with van der Waals surface area (Å²) in [6, 6.07) is 9.38. The number of rotatable bonds is 5. The molecule has 180 valence electrons. The lowest BCUT2D eigenvalue weighted by Gasteiger charge is -2.15. The molecule has 0 saturated carbocycles. The Morgan fingerprint density at radius 3 is 1.14 bits per heavy atom. The average molecular weight is 482 g/mol. The maximum Gasteiger partial charge on any atom is 0.210 e. The van der Waals surface area contributed by atoms with E-state index in [1.807, 2.05) is 0 Å². The monoisotopic (exact) mass is 482 g/mol. The fourth-order valence-electron chi connectivity index (χ4n) is 3.34. The van der Waals surface area contributed by atoms with E-state index in [1.54, 1.807) is 0 Å². The Hall–Kier alpha value is -5.32. The van der Waals surface area contributed by atoms with Gasteiger partial charge in [-0.05, 0) is 17.7 Å². The average Bonchev–Trinajstić information content (AvgIpc) is 2.72. The van der Waals surface area contributed by atoms with Crippen molar-refractivity contribution in [1.82, 2.24) is 0 Å². The van der Waals surface area contributed by atoms with Crippen molar-refractivity contribution in [3.63, 3.8) is 0 Å². The summed E-state index contributed by atoms with van der Waals surface area (Å²) in [6.45, 7) is 0. The normalized spacial score (nSPS) is 10.7. The summed E-state index contributed by atoms with van der Waals surface area (Å²) >= 11 is 0. The van der Waals surface area contributed by atoms with Gasteiger partial charge in [0, 0.05) is 42.5 Å². The highest BCUT2D eigenvalue weighted by Crippen LogP contribution is 2.48. The molecule has 4 rings (SSSR count). The SMILES string of the molecule is Oc1cc(Oc2c(O)cc(O)cc2O)cc(Oc2c(O)cc(-c3c(O)cc(O)cc3O)cc2O)c1. The van der Waals surface area contributed by atoms with Gasteiger partial charge in [0.2, 0.25) is 11.5 Å². The van der Waals surface area contributed by atoms with E-state index in [4.69, 9.17) is 9.47 Å². The second kappa shape index (κ2) is 8.56. The van der Waals surface area contributed by atoms with Gasteiger partial charge < -0.3 is 55.4 Å². The first-order valence-electron chi connectivity index (χ1n) is 9.78. The Labute approximate surface area is 196 Å². The van der Waals surface area contributed by atoms with Gasteiger partial charge in [0.05, 0.1) is 5.56 Å². The molecule has 0 saturated heterocycles. The van der Waals surface area contributed by atoms with Crippen molar-refractivity contribution in [3.05, 3.63) is 54.6 Å². The van der Waals surface area contributed by atoms with E-state index in [0.29, 0.717) is 0 Å². The molecule has 4 aromatic rings. The first-order valence-corrected chi connectivity index (χ1v) is 9.78. The standard InChI is InChI=1S/C24H18O11/c25-11-3-14(9-15(4-11)35-24-20(32)7-13(27)8-21(24)33)34-23-18(30)1-10(2-19(23)31)22-16(28)5-12(26)6-17(22)29/h1-9,25-33H. The smallest absolute Gasteiger partial charge is 0.210 e. The molecular formula is C24H18O11. The van der Waals surface area contributed by atoms with Crippen LogP contribution in [-0.4, -0.2) is 46.0 Å². The predicted molar refractivity (Wildman–Crippen MR) is 120 cm³/mol. The molecule has 9 N–H and O–H groups in total. The van der Waals surface area contributed by atoms with E-state index in [-0.39, 0.29) is 28.4 Å². The lowest BCUT2D eigenvalue weighted by molar-refractivity contribution is 0.360. The van der Waals surface area contributed by atoms with Gasteiger partial charge in [-0.3, -0.25) is 0 Å². The van der Waals surface area contributed by atoms with Gasteiger partial charge in [-0.2, -0.15) is 0 Å². The lowest BCUT2D eigenvalue weighted by atomic mass is 10.0. The zero-order chi connectivity index (χ0) is 25.4. The van der Waals surface area contributed by atoms with E-state index in [1.165, 1.54) is 6.07 Å². The summed E-state index contributed by atoms with van der Waals surface area (Å²) < 4.78 is 10.9. The summed E-state index contributed by atoms with van der Waals surface area (Å²) in [7, 11) is 0. The van der Waals surface area contributed by atoms with Gasteiger partial charge in [-0.25, -0.2) is 0 Å². The third-order valence-electron chi connectivity index (χ3n) is 4.76. The van der Waals surface area contributed by atoms with Crippen molar-refractivity contribution in [3.8, 4) is 85.9 Å². The Balaban J connectivity index is 1.67. The molecule has 0 aliphatic rings. The molecule has 0 fully saturated rings. The molecule has 0 heterocycles. The molecule has 11 nitrogen and oxygen atoms in total. The van der Waals surface area contributed by atoms with Crippen molar-refractivity contribution in [2.75, 3.05) is 0 Å². The van der Waals surface area contributed by atoms with E-state index in [2.05, 4.69) is 0 Å². The van der Waals surface area contributed by atoms with Gasteiger partial charge in [-0.1, -0.05) is 0 Å². The summed E-state index contributed by atoms with van der Waals surface area (Å²) in [5.41, 5.74) is -0.165. The van der Waals surface area contributed by atoms with E-state index in [0.717, 1.165) is 48.5 Å². The number of phenolic OH excluding ortho intramolecular Hbond substituents is 9. The van der Waals surface area contributed by atoms with Gasteiger partial charge in [0.15, 0.2) is 23.0 Å². The molecule has 0 aromatic heterocycles. The van der Waals surface area contributed by atoms with Crippen LogP contribution in [0.1, 0.15) is 0 Å². The van der Waals surface area contributed by atoms with Crippen molar-refractivity contribution >= 4 is 0 Å². The predicted octanol–water partition coefficient (Wildman–Crippen LogP) is 4.29. The van der Waals surface area contributed by atoms with Crippen LogP contribution in [0, 0.1) is 0 Å². The molecule has 4 aromatic carbocycles. The molecule has 0 radical (unpaired) electrons. The zero-order valence-corrected chi connectivity index (χ0v) is 17.5. The summed E-state index contributed by atoms with van der Waals surface area (Å²) in [4.78, 5) is 0. The van der Waals surface area contributed by atoms with Crippen LogP contribution in [0.15, 0.2) is 54.6 Å². The highest BCUT2D eigenvalue weighted by molar-refractivity contribution is 5.80. The van der Waals surface area contributed by atoms with Crippen molar-refractivity contribution < 1.29 is 55.4 Å². The molecule has 11 heteroatoms. The highest BCUT2D eigenvalue weighted by atomic mass is 16.5. The Kier molecular flexibility index (Phi) is 5.59. The third-order valence-corrected chi connectivity index (χ3v) is 4.76. The van der Waals surface area contributed by atoms with E-state index in [9.17, 15) is 46.0 Å². The van der Waals surface area contributed by atoms with Crippen LogP contribution in [0.3, 0.4) is 0 Å². The summed E-state index contributed by atoms with van der Waals surface area (Å²) in [5.74, 6) is -5.68. The molecule has 0 aliphatic heterocycles. The summed E-state index contributed by atoms with van der Waals surface area (Å²) in [6.07, 6.45) is 0. The Morgan fingerprint density at radius 2 is 0.714 bits per heavy atom. The maximum atomic E-state index is 10.4. The molecule has 35 heavy (non-hydrogen) atoms. The third kappa shape index (κ3) is 4.59. The minimum atomic E-state index is -0.605. The van der Waals surface area contributed by atoms with Crippen LogP contribution >= 0.6 is 0 Å². The lowest BCUT2D eigenvalue weighted by Crippen LogP contribution is -1.90. The van der Waals surface area contributed by atoms with Crippen LogP contribution < -0.4 is 9.47 Å². The molecule has 0 unspecified atom stereocenters. The van der Waals surface area contributed by atoms with Crippen molar-refractivity contribution in [2.45, 2.75) is 0 Å². The van der Waals surface area contributed by atoms with E-state index >= 15 is 0 Å². The maximum absolute atomic E-state index is 10.4. The second-order valence-corrected chi connectivity index (χ2v) is 7.38. The fourth-order valence-corrected chi connectivity index (χ4v) is 3.34. The zero-order valence-electron chi connectivity index (χ0n) is 17.5. The Morgan fingerprint density at radius 1 is 0.371 bits per heavy atom. The molecule has 0 bridgehead atoms. The molecule has 0 aliphatic carbocycles. The van der Waals surface area contributed by atoms with Crippen molar-refractivity contribution in [1.29, 1.82) is 0 Å². The number of phenols is 9. The van der Waals surface area contributed by atoms with E-state index < -0.39 is 57.5 Å². The molecule has 0 spiro atoms. The van der Waals surface area contributed by atoms with Gasteiger partial charge in [-0.15, -0.1) is 0 Å². The summed E-state index contributed by atoms with van der Waals surface area (Å²) in [5, 5.41) is 89.6. The van der Waals surface area contributed by atoms with Gasteiger partial charge in [0.1, 0.15) is 40.2 Å². The quantitative estimate of drug-likeness (QED) is 0.196. The number of ether oxygens (including phenoxy) is 2. The topological polar surface area (TPSA) is 201 Å². The van der Waals surface area contributed by atoms with Crippen LogP contribution in [0.25, 0.3) is 11.1 Å². The molecule has 0 amide bonds. The molecule has 0 atom stereocenters. The number of hydrogen-bond donors (Lipinski definition) is 9.